The van der Waals surface area contributed by atoms with E-state index in [4.69, 9.17) is 5.11 Å². The molecular formula is C7H11BrO2. The third-order valence-electron chi connectivity index (χ3n) is 2.00. The van der Waals surface area contributed by atoms with E-state index in [0.29, 0.717) is 0 Å². The molecule has 0 spiro atoms. The number of aliphatic carboxylic acids is 1. The van der Waals surface area contributed by atoms with E-state index in [-0.39, 0.29) is 10.7 Å². The molecule has 0 amide bonds. The molecule has 0 heterocycles. The minimum absolute atomic E-state index is 0.145. The monoisotopic (exact) mass is 206 g/mol. The number of carboxylic acid groups (broad SMARTS) is 1. The molecule has 0 radical (unpaired) electrons. The van der Waals surface area contributed by atoms with Gasteiger partial charge in [0.1, 0.15) is 0 Å². The summed E-state index contributed by atoms with van der Waals surface area (Å²) in [4.78, 5) is 10.7. The topological polar surface area (TPSA) is 37.3 Å². The minimum Gasteiger partial charge on any atom is -0.481 e. The molecule has 0 aliphatic heterocycles. The smallest absolute Gasteiger partial charge is 0.307 e. The summed E-state index contributed by atoms with van der Waals surface area (Å²) in [5, 5.41) is 8.68. The minimum atomic E-state index is -0.651. The Kier molecular flexibility index (Phi) is 2.72. The van der Waals surface area contributed by atoms with Gasteiger partial charge in [-0.15, -0.1) is 0 Å². The van der Waals surface area contributed by atoms with Crippen molar-refractivity contribution in [1.82, 2.24) is 0 Å². The number of halogens is 1. The molecule has 1 saturated carbocycles. The summed E-state index contributed by atoms with van der Waals surface area (Å²) in [6.45, 7) is 0. The van der Waals surface area contributed by atoms with Crippen LogP contribution in [0.25, 0.3) is 0 Å². The summed E-state index contributed by atoms with van der Waals surface area (Å²) >= 11 is 3.37. The van der Waals surface area contributed by atoms with Crippen molar-refractivity contribution in [3.05, 3.63) is 0 Å². The third-order valence-corrected chi connectivity index (χ3v) is 3.09. The fraction of sp³-hybridized carbons (Fsp3) is 0.857. The lowest BCUT2D eigenvalue weighted by Gasteiger charge is -2.23. The highest BCUT2D eigenvalue weighted by atomic mass is 79.9. The molecule has 10 heavy (non-hydrogen) atoms. The quantitative estimate of drug-likeness (QED) is 0.668. The average molecular weight is 207 g/mol. The molecule has 1 aliphatic rings. The normalized spacial score (nSPS) is 33.7. The zero-order valence-corrected chi connectivity index (χ0v) is 7.30. The van der Waals surface area contributed by atoms with Gasteiger partial charge in [-0.1, -0.05) is 28.8 Å². The predicted molar refractivity (Wildman–Crippen MR) is 42.3 cm³/mol. The molecule has 0 bridgehead atoms. The Bertz CT molecular complexity index is 136. The van der Waals surface area contributed by atoms with Gasteiger partial charge in [0.05, 0.1) is 5.92 Å². The van der Waals surface area contributed by atoms with E-state index in [2.05, 4.69) is 15.9 Å². The van der Waals surface area contributed by atoms with Crippen molar-refractivity contribution in [3.8, 4) is 0 Å². The Morgan fingerprint density at radius 2 is 2.00 bits per heavy atom. The summed E-state index contributed by atoms with van der Waals surface area (Å²) in [7, 11) is 0. The lowest BCUT2D eigenvalue weighted by molar-refractivity contribution is -0.142. The highest BCUT2D eigenvalue weighted by molar-refractivity contribution is 9.09. The predicted octanol–water partition coefficient (Wildman–Crippen LogP) is 2.02. The van der Waals surface area contributed by atoms with Crippen molar-refractivity contribution in [2.24, 2.45) is 5.92 Å². The molecule has 0 saturated heterocycles. The first-order valence-electron chi connectivity index (χ1n) is 3.58. The summed E-state index contributed by atoms with van der Waals surface area (Å²) in [6.07, 6.45) is 4.08. The van der Waals surface area contributed by atoms with E-state index in [1.54, 1.807) is 0 Å². The van der Waals surface area contributed by atoms with Crippen LogP contribution < -0.4 is 0 Å². The number of rotatable bonds is 1. The molecule has 0 aromatic rings. The van der Waals surface area contributed by atoms with E-state index in [9.17, 15) is 4.79 Å². The van der Waals surface area contributed by atoms with Gasteiger partial charge in [-0.25, -0.2) is 0 Å². The van der Waals surface area contributed by atoms with Gasteiger partial charge in [0.15, 0.2) is 0 Å². The van der Waals surface area contributed by atoms with Crippen molar-refractivity contribution >= 4 is 21.9 Å². The lowest BCUT2D eigenvalue weighted by atomic mass is 9.89. The zero-order valence-electron chi connectivity index (χ0n) is 5.72. The van der Waals surface area contributed by atoms with Crippen molar-refractivity contribution < 1.29 is 9.90 Å². The summed E-state index contributed by atoms with van der Waals surface area (Å²) in [6, 6.07) is 0. The Balaban J connectivity index is 2.47. The molecule has 1 rings (SSSR count). The molecule has 1 fully saturated rings. The highest BCUT2D eigenvalue weighted by Crippen LogP contribution is 2.29. The van der Waals surface area contributed by atoms with E-state index >= 15 is 0 Å². The maximum absolute atomic E-state index is 10.5. The lowest BCUT2D eigenvalue weighted by Crippen LogP contribution is -2.26. The zero-order chi connectivity index (χ0) is 7.56. The molecule has 2 atom stereocenters. The maximum atomic E-state index is 10.5. The third kappa shape index (κ3) is 1.72. The Morgan fingerprint density at radius 3 is 2.40 bits per heavy atom. The van der Waals surface area contributed by atoms with Gasteiger partial charge < -0.3 is 5.11 Å². The van der Waals surface area contributed by atoms with Crippen molar-refractivity contribution in [3.63, 3.8) is 0 Å². The molecule has 1 aliphatic carbocycles. The van der Waals surface area contributed by atoms with Crippen molar-refractivity contribution in [1.29, 1.82) is 0 Å². The van der Waals surface area contributed by atoms with Crippen LogP contribution in [-0.2, 0) is 4.79 Å². The number of hydrogen-bond donors (Lipinski definition) is 1. The fourth-order valence-corrected chi connectivity index (χ4v) is 2.18. The van der Waals surface area contributed by atoms with Crippen LogP contribution in [0.4, 0.5) is 0 Å². The van der Waals surface area contributed by atoms with E-state index in [0.717, 1.165) is 19.3 Å². The first kappa shape index (κ1) is 8.05. The van der Waals surface area contributed by atoms with Crippen LogP contribution in [-0.4, -0.2) is 15.9 Å². The second-order valence-corrected chi connectivity index (χ2v) is 3.92. The van der Waals surface area contributed by atoms with Crippen LogP contribution in [0.1, 0.15) is 25.7 Å². The van der Waals surface area contributed by atoms with Crippen molar-refractivity contribution in [2.45, 2.75) is 30.5 Å². The van der Waals surface area contributed by atoms with Gasteiger partial charge in [0.25, 0.3) is 0 Å². The summed E-state index contributed by atoms with van der Waals surface area (Å²) in [5.74, 6) is -0.796. The largest absolute Gasteiger partial charge is 0.481 e. The molecule has 58 valence electrons. The molecule has 3 heteroatoms. The number of hydrogen-bond acceptors (Lipinski definition) is 1. The van der Waals surface area contributed by atoms with Crippen LogP contribution in [0.5, 0.6) is 0 Å². The molecule has 0 aromatic carbocycles. The summed E-state index contributed by atoms with van der Waals surface area (Å²) < 4.78 is 0. The molecule has 1 N–H and O–H groups in total. The SMILES string of the molecule is O=C(O)[C@H]1CCCC[C@@H]1Br. The fourth-order valence-electron chi connectivity index (χ4n) is 1.36. The standard InChI is InChI=1S/C7H11BrO2/c8-6-4-2-1-3-5(6)7(9)10/h5-6H,1-4H2,(H,9,10)/t5-,6-/m0/s1. The highest BCUT2D eigenvalue weighted by Gasteiger charge is 2.28. The van der Waals surface area contributed by atoms with Crippen LogP contribution in [0.2, 0.25) is 0 Å². The van der Waals surface area contributed by atoms with E-state index in [1.807, 2.05) is 0 Å². The van der Waals surface area contributed by atoms with Crippen LogP contribution in [0.15, 0.2) is 0 Å². The Labute approximate surface area is 68.7 Å². The number of alkyl halides is 1. The second kappa shape index (κ2) is 3.37. The molecular weight excluding hydrogens is 196 g/mol. The van der Waals surface area contributed by atoms with Gasteiger partial charge in [-0.2, -0.15) is 0 Å². The van der Waals surface area contributed by atoms with Gasteiger partial charge in [-0.05, 0) is 12.8 Å². The first-order chi connectivity index (χ1) is 4.72. The van der Waals surface area contributed by atoms with Crippen LogP contribution in [0.3, 0.4) is 0 Å². The summed E-state index contributed by atoms with van der Waals surface area (Å²) in [5.41, 5.74) is 0. The van der Waals surface area contributed by atoms with Crippen LogP contribution >= 0.6 is 15.9 Å². The van der Waals surface area contributed by atoms with Crippen LogP contribution in [0, 0.1) is 5.92 Å². The Hall–Kier alpha value is -0.0500. The van der Waals surface area contributed by atoms with Gasteiger partial charge in [0, 0.05) is 4.83 Å². The van der Waals surface area contributed by atoms with E-state index in [1.165, 1.54) is 6.42 Å². The maximum Gasteiger partial charge on any atom is 0.307 e. The Morgan fingerprint density at radius 1 is 1.40 bits per heavy atom. The van der Waals surface area contributed by atoms with Gasteiger partial charge in [-0.3, -0.25) is 4.79 Å². The molecule has 2 nitrogen and oxygen atoms in total. The van der Waals surface area contributed by atoms with Crippen molar-refractivity contribution in [2.75, 3.05) is 0 Å². The number of carbonyl (C=O) groups is 1. The van der Waals surface area contributed by atoms with E-state index < -0.39 is 5.97 Å². The number of carboxylic acids is 1. The average Bonchev–Trinajstić information content (AvgIpc) is 1.88. The van der Waals surface area contributed by atoms with Gasteiger partial charge >= 0.3 is 5.97 Å². The molecule has 0 aromatic heterocycles. The first-order valence-corrected chi connectivity index (χ1v) is 4.50. The van der Waals surface area contributed by atoms with Gasteiger partial charge in [0.2, 0.25) is 0 Å². The second-order valence-electron chi connectivity index (χ2n) is 2.75. The molecule has 0 unspecified atom stereocenters.